The largest absolute Gasteiger partial charge is 0.508 e. The summed E-state index contributed by atoms with van der Waals surface area (Å²) in [5.41, 5.74) is 13.7. The number of aromatic hydroxyl groups is 1. The zero-order valence-corrected chi connectivity index (χ0v) is 49.1. The van der Waals surface area contributed by atoms with Crippen LogP contribution >= 0.6 is 12.6 Å². The minimum Gasteiger partial charge on any atom is -0.508 e. The number of phenolic OH excluding ortho intramolecular Hbond substituents is 1. The van der Waals surface area contributed by atoms with E-state index in [0.717, 1.165) is 17.3 Å². The van der Waals surface area contributed by atoms with Crippen LogP contribution in [-0.2, 0) is 67.2 Å². The van der Waals surface area contributed by atoms with E-state index in [4.69, 9.17) is 16.9 Å². The molecule has 1 aromatic heterocycles. The maximum absolute atomic E-state index is 14.7. The maximum atomic E-state index is 14.7. The highest BCUT2D eigenvalue weighted by Gasteiger charge is 2.38. The molecular formula is C59H81N13O14S. The number of nitrogens with one attached hydrogen (secondary N) is 11. The third kappa shape index (κ3) is 23.2. The first-order valence-electron chi connectivity index (χ1n) is 28.9. The van der Waals surface area contributed by atoms with Gasteiger partial charge in [0.05, 0.1) is 13.0 Å². The van der Waals surface area contributed by atoms with Crippen LogP contribution in [0.5, 0.6) is 5.75 Å². The number of aromatic nitrogens is 1. The first-order chi connectivity index (χ1) is 41.7. The molecule has 8 atom stereocenters. The molecule has 1 aliphatic carbocycles. The Kier molecular flexibility index (Phi) is 28.3. The van der Waals surface area contributed by atoms with Gasteiger partial charge in [-0.2, -0.15) is 12.6 Å². The molecule has 27 nitrogen and oxygen atoms in total. The van der Waals surface area contributed by atoms with E-state index in [0.29, 0.717) is 55.3 Å². The fourth-order valence-electron chi connectivity index (χ4n) is 10.0. The van der Waals surface area contributed by atoms with Crippen LogP contribution in [0.2, 0.25) is 0 Å². The fourth-order valence-corrected chi connectivity index (χ4v) is 10.3. The average molecular weight is 1230 g/mol. The Labute approximate surface area is 508 Å². The number of fused-ring (bicyclic) bond motifs is 1. The first kappa shape index (κ1) is 69.0. The first-order valence-corrected chi connectivity index (χ1v) is 29.6. The van der Waals surface area contributed by atoms with Gasteiger partial charge in [0, 0.05) is 49.2 Å². The van der Waals surface area contributed by atoms with Crippen molar-refractivity contribution in [3.63, 3.8) is 0 Å². The van der Waals surface area contributed by atoms with E-state index in [1.165, 1.54) is 24.3 Å². The minimum absolute atomic E-state index is 0.0273. The average Bonchev–Trinajstić information content (AvgIpc) is 4.00. The van der Waals surface area contributed by atoms with Crippen LogP contribution in [0.4, 0.5) is 0 Å². The summed E-state index contributed by atoms with van der Waals surface area (Å²) in [7, 11) is 0. The van der Waals surface area contributed by atoms with Crippen molar-refractivity contribution in [3.05, 3.63) is 102 Å². The number of benzene rings is 3. The summed E-state index contributed by atoms with van der Waals surface area (Å²) in [6.45, 7) is -0.193. The fraction of sp³-hybridized carbons (Fsp3) is 0.475. The van der Waals surface area contributed by atoms with Crippen molar-refractivity contribution in [1.29, 1.82) is 5.41 Å². The number of aliphatic hydroxyl groups is 1. The van der Waals surface area contributed by atoms with Gasteiger partial charge in [-0.1, -0.05) is 79.9 Å². The van der Waals surface area contributed by atoms with E-state index in [9.17, 15) is 68.4 Å². The summed E-state index contributed by atoms with van der Waals surface area (Å²) in [6, 6.07) is 11.8. The van der Waals surface area contributed by atoms with Crippen LogP contribution in [-0.4, -0.2) is 164 Å². The second-order valence-corrected chi connectivity index (χ2v) is 21.7. The van der Waals surface area contributed by atoms with E-state index in [-0.39, 0.29) is 75.5 Å². The number of carbonyl (C=O) groups excluding carboxylic acids is 8. The minimum atomic E-state index is -1.81. The molecule has 1 fully saturated rings. The zero-order valence-electron chi connectivity index (χ0n) is 48.2. The van der Waals surface area contributed by atoms with Crippen molar-refractivity contribution in [2.45, 2.75) is 145 Å². The van der Waals surface area contributed by atoms with Crippen LogP contribution in [0.1, 0.15) is 93.9 Å². The smallest absolute Gasteiger partial charge is 0.326 e. The number of thiol groups is 1. The van der Waals surface area contributed by atoms with Crippen LogP contribution in [0.25, 0.3) is 10.9 Å². The van der Waals surface area contributed by atoms with Crippen molar-refractivity contribution >= 4 is 88.7 Å². The highest BCUT2D eigenvalue weighted by atomic mass is 32.1. The molecule has 1 heterocycles. The normalized spacial score (nSPS) is 15.1. The molecule has 1 aliphatic rings. The number of para-hydroxylation sites is 1. The molecule has 0 saturated heterocycles. The van der Waals surface area contributed by atoms with Gasteiger partial charge in [0.15, 0.2) is 5.96 Å². The van der Waals surface area contributed by atoms with Gasteiger partial charge < -0.3 is 84.7 Å². The molecule has 3 aromatic carbocycles. The molecule has 1 saturated carbocycles. The van der Waals surface area contributed by atoms with Gasteiger partial charge in [-0.25, -0.2) is 4.79 Å². The number of aliphatic carboxylic acids is 2. The van der Waals surface area contributed by atoms with E-state index in [1.54, 1.807) is 30.3 Å². The number of guanidine groups is 1. The summed E-state index contributed by atoms with van der Waals surface area (Å²) in [5.74, 6) is -11.1. The SMILES string of the molecule is N=C(N)NCCC[C@@H](NC(=O)[C@H](Cc1ccc(O)cc1)NC(=O)[C@H](CCCCN)NC(=O)[C@H](Cc1cc2ccccc2[nH]1)NC(=O)CCO)C(=O)N[C@H](CS)C(=O)N[C@@H](Cc1ccccc1)C(=O)N[C@H](C(=O)N[C@@H](CC(=O)O)C(=O)O)C1CCCCC1. The molecule has 5 rings (SSSR count). The maximum Gasteiger partial charge on any atom is 0.326 e. The molecule has 87 heavy (non-hydrogen) atoms. The second-order valence-electron chi connectivity index (χ2n) is 21.4. The van der Waals surface area contributed by atoms with E-state index in [1.807, 2.05) is 30.3 Å². The van der Waals surface area contributed by atoms with Gasteiger partial charge in [0.1, 0.15) is 54.1 Å². The van der Waals surface area contributed by atoms with Gasteiger partial charge >= 0.3 is 11.9 Å². The molecule has 0 radical (unpaired) electrons. The lowest BCUT2D eigenvalue weighted by molar-refractivity contribution is -0.147. The predicted molar refractivity (Wildman–Crippen MR) is 323 cm³/mol. The number of aromatic amines is 1. The number of phenols is 1. The lowest BCUT2D eigenvalue weighted by Gasteiger charge is -2.32. The molecule has 0 bridgehead atoms. The number of carbonyl (C=O) groups is 10. The summed E-state index contributed by atoms with van der Waals surface area (Å²) in [6.07, 6.45) is 2.31. The van der Waals surface area contributed by atoms with Gasteiger partial charge in [-0.05, 0) is 98.2 Å². The van der Waals surface area contributed by atoms with E-state index >= 15 is 0 Å². The highest BCUT2D eigenvalue weighted by molar-refractivity contribution is 7.80. The Balaban J connectivity index is 1.40. The number of amides is 8. The Morgan fingerprint density at radius 2 is 1.11 bits per heavy atom. The Bertz CT molecular complexity index is 2950. The third-order valence-corrected chi connectivity index (χ3v) is 15.0. The van der Waals surface area contributed by atoms with Crippen LogP contribution in [0, 0.1) is 11.3 Å². The molecule has 8 amide bonds. The lowest BCUT2D eigenvalue weighted by Crippen LogP contribution is -2.61. The molecule has 0 aliphatic heterocycles. The van der Waals surface area contributed by atoms with Crippen molar-refractivity contribution < 1.29 is 68.4 Å². The number of hydrogen-bond acceptors (Lipinski definition) is 15. The monoisotopic (exact) mass is 1230 g/mol. The van der Waals surface area contributed by atoms with Gasteiger partial charge in [-0.15, -0.1) is 0 Å². The summed E-state index contributed by atoms with van der Waals surface area (Å²) < 4.78 is 0. The molecule has 28 heteroatoms. The predicted octanol–water partition coefficient (Wildman–Crippen LogP) is -0.376. The van der Waals surface area contributed by atoms with Crippen LogP contribution < -0.4 is 59.3 Å². The Morgan fingerprint density at radius 3 is 1.68 bits per heavy atom. The van der Waals surface area contributed by atoms with Crippen LogP contribution in [0.3, 0.4) is 0 Å². The summed E-state index contributed by atoms with van der Waals surface area (Å²) in [5, 5.41) is 70.8. The Morgan fingerprint density at radius 1 is 0.598 bits per heavy atom. The number of H-pyrrole nitrogens is 1. The Hall–Kier alpha value is -8.76. The van der Waals surface area contributed by atoms with Crippen molar-refractivity contribution in [3.8, 4) is 5.75 Å². The molecule has 0 spiro atoms. The van der Waals surface area contributed by atoms with Crippen molar-refractivity contribution in [2.24, 2.45) is 17.4 Å². The number of carboxylic acids is 2. The molecule has 0 unspecified atom stereocenters. The molecule has 19 N–H and O–H groups in total. The lowest BCUT2D eigenvalue weighted by atomic mass is 9.83. The van der Waals surface area contributed by atoms with Crippen LogP contribution in [0.15, 0.2) is 84.9 Å². The number of aliphatic hydroxyl groups excluding tert-OH is 1. The third-order valence-electron chi connectivity index (χ3n) is 14.6. The summed E-state index contributed by atoms with van der Waals surface area (Å²) >= 11 is 4.36. The van der Waals surface area contributed by atoms with E-state index in [2.05, 4.69) is 65.5 Å². The van der Waals surface area contributed by atoms with Gasteiger partial charge in [-0.3, -0.25) is 48.6 Å². The molecular weight excluding hydrogens is 1150 g/mol. The number of nitrogens with two attached hydrogens (primary N) is 2. The topological polar surface area (TPSA) is 452 Å². The molecule has 472 valence electrons. The number of carboxylic acid groups (broad SMARTS) is 2. The standard InChI is InChI=1S/C59H81N13O14S/c60-25-10-9-18-41(66-54(81)45(65-48(75)24-27-73)31-38-30-37-16-7-8-17-40(37)64-38)51(78)68-43(29-35-20-22-39(74)23-21-35)53(80)67-42(19-11-26-63-59(61)62)52(79)71-47(33-87)56(83)69-44(28-34-12-3-1-4-13-34)55(82)72-50(36-14-5-2-6-15-36)57(84)70-46(58(85)86)32-49(76)77/h1,3-4,7-8,12-13,16-17,20-23,30,36,41-47,50,64,73-74,87H,2,5-6,9-11,14-15,18-19,24-29,31-33,60H2,(H,65,75)(H,66,81)(H,67,80)(H,68,78)(H,69,83)(H,70,84)(H,71,79)(H,72,82)(H,76,77)(H,85,86)(H4,61,62,63)/t41-,42+,43-,44-,45-,46-,47+,50-/m0/s1. The van der Waals surface area contributed by atoms with Crippen molar-refractivity contribution in [2.75, 3.05) is 25.4 Å². The quantitative estimate of drug-likeness (QED) is 0.0119. The molecule has 4 aromatic rings. The summed E-state index contributed by atoms with van der Waals surface area (Å²) in [4.78, 5) is 140. The van der Waals surface area contributed by atoms with Gasteiger partial charge in [0.25, 0.3) is 0 Å². The number of unbranched alkanes of at least 4 members (excludes halogenated alkanes) is 1. The zero-order chi connectivity index (χ0) is 63.4. The second kappa shape index (κ2) is 35.6. The number of hydrogen-bond donors (Lipinski definition) is 18. The van der Waals surface area contributed by atoms with Crippen molar-refractivity contribution in [1.82, 2.24) is 52.8 Å². The number of rotatable bonds is 36. The van der Waals surface area contributed by atoms with E-state index < -0.39 is 126 Å². The van der Waals surface area contributed by atoms with Gasteiger partial charge in [0.2, 0.25) is 47.3 Å². The highest BCUT2D eigenvalue weighted by Crippen LogP contribution is 2.27.